The lowest BCUT2D eigenvalue weighted by Crippen LogP contribution is -2.25. The monoisotopic (exact) mass is 156 g/mol. The van der Waals surface area contributed by atoms with Gasteiger partial charge in [-0.25, -0.2) is 4.79 Å². The van der Waals surface area contributed by atoms with Gasteiger partial charge < -0.3 is 9.84 Å². The van der Waals surface area contributed by atoms with E-state index in [1.807, 2.05) is 0 Å². The summed E-state index contributed by atoms with van der Waals surface area (Å²) in [4.78, 5) is 10.9. The summed E-state index contributed by atoms with van der Waals surface area (Å²) in [5.41, 5.74) is 0. The third-order valence-corrected chi connectivity index (χ3v) is 2.07. The van der Waals surface area contributed by atoms with Crippen LogP contribution < -0.4 is 0 Å². The molecule has 0 spiro atoms. The van der Waals surface area contributed by atoms with Crippen molar-refractivity contribution < 1.29 is 14.6 Å². The van der Waals surface area contributed by atoms with Crippen LogP contribution in [0, 0.1) is 5.92 Å². The van der Waals surface area contributed by atoms with Gasteiger partial charge >= 0.3 is 5.97 Å². The van der Waals surface area contributed by atoms with Gasteiger partial charge in [0.05, 0.1) is 19.1 Å². The van der Waals surface area contributed by atoms with Crippen LogP contribution in [0.5, 0.6) is 0 Å². The summed E-state index contributed by atoms with van der Waals surface area (Å²) < 4.78 is 4.83. The maximum atomic E-state index is 10.9. The molecular formula is C6H8N2O3. The predicted octanol–water partition coefficient (Wildman–Crippen LogP) is -0.645. The van der Waals surface area contributed by atoms with Crippen LogP contribution in [0.3, 0.4) is 0 Å². The van der Waals surface area contributed by atoms with E-state index in [4.69, 9.17) is 9.84 Å². The van der Waals surface area contributed by atoms with Crippen molar-refractivity contribution in [1.29, 1.82) is 0 Å². The van der Waals surface area contributed by atoms with Gasteiger partial charge in [0.15, 0.2) is 6.04 Å². The van der Waals surface area contributed by atoms with Gasteiger partial charge in [-0.1, -0.05) is 0 Å². The average Bonchev–Trinajstić information content (AvgIpc) is 2.54. The molecule has 1 saturated heterocycles. The number of esters is 1. The number of azo groups is 1. The topological polar surface area (TPSA) is 71.2 Å². The molecule has 2 rings (SSSR count). The number of nitrogens with zero attached hydrogens (tertiary/aromatic N) is 2. The number of aliphatic hydroxyl groups is 1. The highest BCUT2D eigenvalue weighted by Gasteiger charge is 2.47. The van der Waals surface area contributed by atoms with Gasteiger partial charge in [0.25, 0.3) is 0 Å². The summed E-state index contributed by atoms with van der Waals surface area (Å²) in [5, 5.41) is 16.2. The third-order valence-electron chi connectivity index (χ3n) is 2.07. The number of hydrogen-bond donors (Lipinski definition) is 1. The number of carbonyl (C=O) groups excluding carboxylic acids is 1. The van der Waals surface area contributed by atoms with Gasteiger partial charge in [0.1, 0.15) is 6.10 Å². The average molecular weight is 156 g/mol. The van der Waals surface area contributed by atoms with Crippen molar-refractivity contribution in [2.24, 2.45) is 16.1 Å². The largest absolute Gasteiger partial charge is 0.458 e. The minimum atomic E-state index is -0.438. The van der Waals surface area contributed by atoms with E-state index >= 15 is 0 Å². The summed E-state index contributed by atoms with van der Waals surface area (Å²) in [6.45, 7) is 0.375. The molecule has 2 aliphatic heterocycles. The Morgan fingerprint density at radius 1 is 1.73 bits per heavy atom. The molecule has 0 radical (unpaired) electrons. The number of carbonyl (C=O) groups is 1. The summed E-state index contributed by atoms with van der Waals surface area (Å²) in [6.07, 6.45) is -0.387. The van der Waals surface area contributed by atoms with E-state index < -0.39 is 6.04 Å². The lowest BCUT2D eigenvalue weighted by atomic mass is 9.99. The maximum absolute atomic E-state index is 10.9. The first-order chi connectivity index (χ1) is 5.33. The zero-order chi connectivity index (χ0) is 7.84. The van der Waals surface area contributed by atoms with Gasteiger partial charge in [-0.2, -0.15) is 10.2 Å². The Balaban J connectivity index is 2.18. The van der Waals surface area contributed by atoms with Crippen molar-refractivity contribution in [3.8, 4) is 0 Å². The van der Waals surface area contributed by atoms with Gasteiger partial charge in [-0.05, 0) is 0 Å². The quantitative estimate of drug-likeness (QED) is 0.513. The molecule has 0 aromatic heterocycles. The second-order valence-corrected chi connectivity index (χ2v) is 2.71. The first-order valence-corrected chi connectivity index (χ1v) is 3.51. The van der Waals surface area contributed by atoms with Crippen molar-refractivity contribution in [3.63, 3.8) is 0 Å². The number of cyclic esters (lactones) is 1. The molecule has 60 valence electrons. The molecule has 2 heterocycles. The Kier molecular flexibility index (Phi) is 1.38. The molecule has 3 atom stereocenters. The minimum absolute atomic E-state index is 0.0208. The molecule has 5 heteroatoms. The number of hydrogen-bond acceptors (Lipinski definition) is 5. The Labute approximate surface area is 63.1 Å². The van der Waals surface area contributed by atoms with Crippen molar-refractivity contribution in [3.05, 3.63) is 0 Å². The molecule has 0 unspecified atom stereocenters. The van der Waals surface area contributed by atoms with E-state index in [0.29, 0.717) is 6.54 Å². The lowest BCUT2D eigenvalue weighted by Gasteiger charge is -2.09. The Hall–Kier alpha value is -0.970. The molecule has 0 amide bonds. The maximum Gasteiger partial charge on any atom is 0.333 e. The molecule has 0 aromatic carbocycles. The second kappa shape index (κ2) is 2.27. The predicted molar refractivity (Wildman–Crippen MR) is 34.0 cm³/mol. The van der Waals surface area contributed by atoms with Crippen LogP contribution in [0.2, 0.25) is 0 Å². The fourth-order valence-electron chi connectivity index (χ4n) is 1.44. The van der Waals surface area contributed by atoms with Gasteiger partial charge in [0.2, 0.25) is 0 Å². The first-order valence-electron chi connectivity index (χ1n) is 3.51. The van der Waals surface area contributed by atoms with Crippen molar-refractivity contribution in [2.45, 2.75) is 12.1 Å². The highest BCUT2D eigenvalue weighted by molar-refractivity contribution is 5.79. The van der Waals surface area contributed by atoms with E-state index in [0.717, 1.165) is 0 Å². The lowest BCUT2D eigenvalue weighted by molar-refractivity contribution is -0.143. The fourth-order valence-corrected chi connectivity index (χ4v) is 1.44. The Bertz CT molecular complexity index is 216. The number of aliphatic hydroxyl groups excluding tert-OH is 1. The highest BCUT2D eigenvalue weighted by atomic mass is 16.6. The third kappa shape index (κ3) is 0.841. The van der Waals surface area contributed by atoms with Crippen LogP contribution in [0.1, 0.15) is 0 Å². The van der Waals surface area contributed by atoms with E-state index in [-0.39, 0.29) is 24.6 Å². The molecule has 2 aliphatic rings. The van der Waals surface area contributed by atoms with E-state index in [9.17, 15) is 4.79 Å². The zero-order valence-corrected chi connectivity index (χ0v) is 5.80. The molecule has 5 nitrogen and oxygen atoms in total. The smallest absolute Gasteiger partial charge is 0.333 e. The molecule has 1 N–H and O–H groups in total. The number of ether oxygens (including phenoxy) is 1. The van der Waals surface area contributed by atoms with E-state index in [1.165, 1.54) is 0 Å². The first kappa shape index (κ1) is 6.72. The van der Waals surface area contributed by atoms with E-state index in [2.05, 4.69) is 10.2 Å². The Morgan fingerprint density at radius 3 is 3.27 bits per heavy atom. The standard InChI is InChI=1S/C6H8N2O3/c9-2-4-3-1-7-8-5(3)6(10)11-4/h3-5,9H,1-2H2/t3-,4-,5-/m1/s1. The van der Waals surface area contributed by atoms with Crippen molar-refractivity contribution in [2.75, 3.05) is 13.2 Å². The minimum Gasteiger partial charge on any atom is -0.458 e. The summed E-state index contributed by atoms with van der Waals surface area (Å²) >= 11 is 0. The number of rotatable bonds is 1. The van der Waals surface area contributed by atoms with Crippen LogP contribution in [-0.2, 0) is 9.53 Å². The van der Waals surface area contributed by atoms with Crippen molar-refractivity contribution >= 4 is 5.97 Å². The molecule has 0 saturated carbocycles. The summed E-state index contributed by atoms with van der Waals surface area (Å²) in [7, 11) is 0. The van der Waals surface area contributed by atoms with Crippen molar-refractivity contribution in [1.82, 2.24) is 0 Å². The highest BCUT2D eigenvalue weighted by Crippen LogP contribution is 2.29. The Morgan fingerprint density at radius 2 is 2.55 bits per heavy atom. The van der Waals surface area contributed by atoms with Gasteiger partial charge in [0, 0.05) is 0 Å². The number of fused-ring (bicyclic) bond motifs is 1. The van der Waals surface area contributed by atoms with Gasteiger partial charge in [-0.15, -0.1) is 0 Å². The van der Waals surface area contributed by atoms with E-state index in [1.54, 1.807) is 0 Å². The summed E-state index contributed by atoms with van der Waals surface area (Å²) in [5.74, 6) is -0.372. The second-order valence-electron chi connectivity index (χ2n) is 2.71. The molecule has 0 aliphatic carbocycles. The van der Waals surface area contributed by atoms with Crippen LogP contribution in [0.25, 0.3) is 0 Å². The normalized spacial score (nSPS) is 40.8. The zero-order valence-electron chi connectivity index (χ0n) is 5.80. The van der Waals surface area contributed by atoms with Crippen LogP contribution in [0.15, 0.2) is 10.2 Å². The SMILES string of the molecule is O=C1O[C@H](CO)[C@H]2CN=N[C@@H]12. The molecule has 11 heavy (non-hydrogen) atoms. The van der Waals surface area contributed by atoms with Crippen LogP contribution in [0.4, 0.5) is 0 Å². The molecule has 0 bridgehead atoms. The van der Waals surface area contributed by atoms with Gasteiger partial charge in [-0.3, -0.25) is 0 Å². The molecule has 1 fully saturated rings. The summed E-state index contributed by atoms with van der Waals surface area (Å²) in [6, 6.07) is -0.438. The molecular weight excluding hydrogens is 148 g/mol. The van der Waals surface area contributed by atoms with Crippen LogP contribution in [-0.4, -0.2) is 36.4 Å². The molecule has 0 aromatic rings. The van der Waals surface area contributed by atoms with Crippen LogP contribution >= 0.6 is 0 Å². The fraction of sp³-hybridized carbons (Fsp3) is 0.833.